The molecule has 0 aliphatic carbocycles. The molecule has 0 radical (unpaired) electrons. The zero-order valence-electron chi connectivity index (χ0n) is 15.4. The summed E-state index contributed by atoms with van der Waals surface area (Å²) in [7, 11) is 2.06. The summed E-state index contributed by atoms with van der Waals surface area (Å²) in [5.41, 5.74) is 1.10. The number of rotatable bonds is 5. The van der Waals surface area contributed by atoms with E-state index in [2.05, 4.69) is 39.5 Å². The van der Waals surface area contributed by atoms with Gasteiger partial charge in [-0.25, -0.2) is 4.98 Å². The van der Waals surface area contributed by atoms with Crippen LogP contribution in [0.5, 0.6) is 0 Å². The molecular formula is C17H30IN5OS. The third kappa shape index (κ3) is 5.77. The summed E-state index contributed by atoms with van der Waals surface area (Å²) in [5.74, 6) is 0.926. The summed E-state index contributed by atoms with van der Waals surface area (Å²) < 4.78 is 6.02. The van der Waals surface area contributed by atoms with Crippen LogP contribution in [0.3, 0.4) is 0 Å². The van der Waals surface area contributed by atoms with Crippen molar-refractivity contribution >= 4 is 41.3 Å². The molecule has 1 aromatic heterocycles. The maximum Gasteiger partial charge on any atom is 0.194 e. The topological polar surface area (TPSA) is 53.0 Å². The zero-order chi connectivity index (χ0) is 16.9. The Labute approximate surface area is 172 Å². The average Bonchev–Trinajstić information content (AvgIpc) is 3.19. The molecule has 6 nitrogen and oxygen atoms in total. The van der Waals surface area contributed by atoms with Crippen molar-refractivity contribution in [3.05, 3.63) is 16.1 Å². The van der Waals surface area contributed by atoms with Crippen molar-refractivity contribution in [2.75, 3.05) is 39.8 Å². The smallest absolute Gasteiger partial charge is 0.194 e. The summed E-state index contributed by atoms with van der Waals surface area (Å²) in [6.45, 7) is 9.59. The van der Waals surface area contributed by atoms with Crippen LogP contribution in [0.15, 0.2) is 10.4 Å². The van der Waals surface area contributed by atoms with E-state index >= 15 is 0 Å². The molecule has 3 heterocycles. The Balaban J connectivity index is 0.00000225. The monoisotopic (exact) mass is 479 g/mol. The average molecular weight is 479 g/mol. The molecule has 0 spiro atoms. The molecule has 0 aromatic carbocycles. The number of aliphatic imine (C=N–C) groups is 1. The molecule has 0 amide bonds. The molecule has 142 valence electrons. The van der Waals surface area contributed by atoms with E-state index in [-0.39, 0.29) is 30.1 Å². The Kier molecular flexibility index (Phi) is 8.37. The second-order valence-electron chi connectivity index (χ2n) is 6.65. The standard InChI is InChI=1S/C17H29N5OS.HI/c1-4-18-17(21(3)9-14-12-24-13(2)20-14)19-8-16-10-22-7-5-6-15(22)11-23-16;/h12,15-16H,4-11H2,1-3H3,(H,18,19);1H. The van der Waals surface area contributed by atoms with Crippen LogP contribution in [-0.4, -0.2) is 72.7 Å². The molecule has 2 unspecified atom stereocenters. The largest absolute Gasteiger partial charge is 0.373 e. The number of ether oxygens (including phenoxy) is 1. The van der Waals surface area contributed by atoms with Crippen molar-refractivity contribution in [1.82, 2.24) is 20.1 Å². The van der Waals surface area contributed by atoms with Crippen LogP contribution in [0.25, 0.3) is 0 Å². The Bertz CT molecular complexity index is 567. The highest BCUT2D eigenvalue weighted by atomic mass is 127. The maximum atomic E-state index is 6.02. The summed E-state index contributed by atoms with van der Waals surface area (Å²) >= 11 is 1.69. The van der Waals surface area contributed by atoms with Gasteiger partial charge >= 0.3 is 0 Å². The van der Waals surface area contributed by atoms with E-state index in [1.54, 1.807) is 11.3 Å². The minimum atomic E-state index is 0. The minimum absolute atomic E-state index is 0. The lowest BCUT2D eigenvalue weighted by Gasteiger charge is -2.34. The fourth-order valence-corrected chi connectivity index (χ4v) is 4.06. The number of aryl methyl sites for hydroxylation is 1. The number of hydrogen-bond donors (Lipinski definition) is 1. The lowest BCUT2D eigenvalue weighted by molar-refractivity contribution is -0.0432. The molecule has 3 rings (SSSR count). The molecule has 2 aliphatic rings. The molecule has 2 aliphatic heterocycles. The van der Waals surface area contributed by atoms with E-state index in [4.69, 9.17) is 9.73 Å². The normalized spacial score (nSPS) is 23.9. The Morgan fingerprint density at radius 3 is 3.12 bits per heavy atom. The Hall–Kier alpha value is -0.450. The number of nitrogens with zero attached hydrogens (tertiary/aromatic N) is 4. The highest BCUT2D eigenvalue weighted by Crippen LogP contribution is 2.22. The molecule has 8 heteroatoms. The highest BCUT2D eigenvalue weighted by Gasteiger charge is 2.32. The first-order valence-electron chi connectivity index (χ1n) is 8.91. The van der Waals surface area contributed by atoms with Gasteiger partial charge < -0.3 is 15.0 Å². The van der Waals surface area contributed by atoms with Crippen LogP contribution in [0.2, 0.25) is 0 Å². The SMILES string of the molecule is CCNC(=NCC1CN2CCCC2CO1)N(C)Cc1csc(C)n1.I. The van der Waals surface area contributed by atoms with Gasteiger partial charge in [0.15, 0.2) is 5.96 Å². The van der Waals surface area contributed by atoms with E-state index in [1.807, 2.05) is 6.92 Å². The number of nitrogens with one attached hydrogen (secondary N) is 1. The maximum absolute atomic E-state index is 6.02. The van der Waals surface area contributed by atoms with E-state index < -0.39 is 0 Å². The summed E-state index contributed by atoms with van der Waals surface area (Å²) in [5, 5.41) is 6.60. The van der Waals surface area contributed by atoms with Crippen molar-refractivity contribution < 1.29 is 4.74 Å². The molecule has 0 bridgehead atoms. The Morgan fingerprint density at radius 2 is 2.40 bits per heavy atom. The van der Waals surface area contributed by atoms with E-state index in [0.29, 0.717) is 12.6 Å². The van der Waals surface area contributed by atoms with E-state index in [0.717, 1.165) is 42.9 Å². The predicted molar refractivity (Wildman–Crippen MR) is 114 cm³/mol. The minimum Gasteiger partial charge on any atom is -0.373 e. The van der Waals surface area contributed by atoms with Gasteiger partial charge in [-0.3, -0.25) is 9.89 Å². The molecule has 0 saturated carbocycles. The van der Waals surface area contributed by atoms with Gasteiger partial charge in [-0.05, 0) is 33.2 Å². The summed E-state index contributed by atoms with van der Waals surface area (Å²) in [6.07, 6.45) is 2.81. The first-order chi connectivity index (χ1) is 11.7. The van der Waals surface area contributed by atoms with Crippen molar-refractivity contribution in [1.29, 1.82) is 0 Å². The van der Waals surface area contributed by atoms with Crippen molar-refractivity contribution in [3.63, 3.8) is 0 Å². The number of aromatic nitrogens is 1. The summed E-state index contributed by atoms with van der Waals surface area (Å²) in [4.78, 5) is 14.1. The van der Waals surface area contributed by atoms with Crippen molar-refractivity contribution in [2.45, 2.75) is 45.4 Å². The highest BCUT2D eigenvalue weighted by molar-refractivity contribution is 14.0. The molecule has 25 heavy (non-hydrogen) atoms. The van der Waals surface area contributed by atoms with Gasteiger partial charge in [0.2, 0.25) is 0 Å². The van der Waals surface area contributed by atoms with Gasteiger partial charge in [-0.2, -0.15) is 0 Å². The number of guanidine groups is 1. The molecule has 2 saturated heterocycles. The van der Waals surface area contributed by atoms with Crippen LogP contribution in [-0.2, 0) is 11.3 Å². The lowest BCUT2D eigenvalue weighted by Crippen LogP contribution is -2.47. The fraction of sp³-hybridized carbons (Fsp3) is 0.765. The number of thiazole rings is 1. The molecule has 1 N–H and O–H groups in total. The fourth-order valence-electron chi connectivity index (χ4n) is 3.45. The number of hydrogen-bond acceptors (Lipinski definition) is 5. The molecule has 2 fully saturated rings. The van der Waals surface area contributed by atoms with E-state index in [9.17, 15) is 0 Å². The van der Waals surface area contributed by atoms with Gasteiger partial charge in [-0.1, -0.05) is 0 Å². The van der Waals surface area contributed by atoms with E-state index in [1.165, 1.54) is 19.4 Å². The first-order valence-corrected chi connectivity index (χ1v) is 9.79. The zero-order valence-corrected chi connectivity index (χ0v) is 18.5. The summed E-state index contributed by atoms with van der Waals surface area (Å²) in [6, 6.07) is 0.647. The van der Waals surface area contributed by atoms with Crippen LogP contribution in [0.1, 0.15) is 30.5 Å². The first kappa shape index (κ1) is 20.9. The molecule has 2 atom stereocenters. The van der Waals surface area contributed by atoms with Crippen LogP contribution in [0.4, 0.5) is 0 Å². The van der Waals surface area contributed by atoms with Gasteiger partial charge in [0.25, 0.3) is 0 Å². The number of morpholine rings is 1. The molecular weight excluding hydrogens is 449 g/mol. The van der Waals surface area contributed by atoms with Gasteiger partial charge in [0.05, 0.1) is 36.5 Å². The Morgan fingerprint density at radius 1 is 1.56 bits per heavy atom. The van der Waals surface area contributed by atoms with Crippen LogP contribution >= 0.6 is 35.3 Å². The van der Waals surface area contributed by atoms with Crippen molar-refractivity contribution in [2.24, 2.45) is 4.99 Å². The van der Waals surface area contributed by atoms with Crippen molar-refractivity contribution in [3.8, 4) is 0 Å². The van der Waals surface area contributed by atoms with Gasteiger partial charge in [0, 0.05) is 31.6 Å². The quantitative estimate of drug-likeness (QED) is 0.399. The number of fused-ring (bicyclic) bond motifs is 1. The third-order valence-electron chi connectivity index (χ3n) is 4.67. The van der Waals surface area contributed by atoms with Crippen LogP contribution < -0.4 is 5.32 Å². The van der Waals surface area contributed by atoms with Crippen LogP contribution in [0, 0.1) is 6.92 Å². The van der Waals surface area contributed by atoms with Gasteiger partial charge in [0.1, 0.15) is 0 Å². The predicted octanol–water partition coefficient (Wildman–Crippen LogP) is 2.33. The lowest BCUT2D eigenvalue weighted by atomic mass is 10.2. The second kappa shape index (κ2) is 10.0. The van der Waals surface area contributed by atoms with Gasteiger partial charge in [-0.15, -0.1) is 35.3 Å². The number of halogens is 1. The molecule has 1 aromatic rings. The second-order valence-corrected chi connectivity index (χ2v) is 7.72. The third-order valence-corrected chi connectivity index (χ3v) is 5.49.